The van der Waals surface area contributed by atoms with Crippen LogP contribution in [-0.2, 0) is 11.2 Å². The van der Waals surface area contributed by atoms with Crippen molar-refractivity contribution in [1.82, 2.24) is 4.98 Å². The molecule has 3 aromatic rings. The number of amides is 1. The zero-order chi connectivity index (χ0) is 18.3. The van der Waals surface area contributed by atoms with E-state index in [0.29, 0.717) is 21.4 Å². The Balaban J connectivity index is 1.43. The Morgan fingerprint density at radius 1 is 1.35 bits per heavy atom. The van der Waals surface area contributed by atoms with Gasteiger partial charge in [-0.25, -0.2) is 4.98 Å². The topological polar surface area (TPSA) is 60.5 Å². The maximum absolute atomic E-state index is 12.2. The number of nitrogens with zero attached hydrogens (tertiary/aromatic N) is 1. The lowest BCUT2D eigenvalue weighted by atomic mass is 10.0. The minimum absolute atomic E-state index is 0.121. The van der Waals surface area contributed by atoms with Crippen molar-refractivity contribution in [1.29, 1.82) is 0 Å². The summed E-state index contributed by atoms with van der Waals surface area (Å²) < 4.78 is 12.6. The van der Waals surface area contributed by atoms with Gasteiger partial charge in [-0.1, -0.05) is 41.1 Å². The lowest BCUT2D eigenvalue weighted by Gasteiger charge is -2.18. The maximum atomic E-state index is 12.2. The van der Waals surface area contributed by atoms with Gasteiger partial charge in [0.05, 0.1) is 9.72 Å². The van der Waals surface area contributed by atoms with Crippen molar-refractivity contribution in [2.75, 3.05) is 11.9 Å². The van der Waals surface area contributed by atoms with Crippen molar-refractivity contribution in [3.05, 3.63) is 47.0 Å². The molecule has 0 atom stereocenters. The third-order valence-corrected chi connectivity index (χ3v) is 5.27. The molecule has 4 rings (SSSR count). The van der Waals surface area contributed by atoms with E-state index >= 15 is 0 Å². The SMILES string of the molecule is CC1(C)Cc2cccc(OCC(=O)Nc3nc4c(Cl)cccc4s3)c2O1. The highest BCUT2D eigenvalue weighted by molar-refractivity contribution is 7.22. The summed E-state index contributed by atoms with van der Waals surface area (Å²) >= 11 is 7.49. The first kappa shape index (κ1) is 17.1. The van der Waals surface area contributed by atoms with Crippen molar-refractivity contribution >= 4 is 44.2 Å². The van der Waals surface area contributed by atoms with E-state index in [-0.39, 0.29) is 18.1 Å². The molecule has 0 unspecified atom stereocenters. The van der Waals surface area contributed by atoms with Crippen LogP contribution < -0.4 is 14.8 Å². The van der Waals surface area contributed by atoms with Crippen LogP contribution in [-0.4, -0.2) is 23.1 Å². The van der Waals surface area contributed by atoms with Crippen LogP contribution in [0.4, 0.5) is 5.13 Å². The van der Waals surface area contributed by atoms with Crippen molar-refractivity contribution in [3.63, 3.8) is 0 Å². The van der Waals surface area contributed by atoms with Crippen LogP contribution in [0.15, 0.2) is 36.4 Å². The largest absolute Gasteiger partial charge is 0.483 e. The van der Waals surface area contributed by atoms with Crippen LogP contribution in [0, 0.1) is 0 Å². The normalized spacial score (nSPS) is 14.7. The molecular weight excluding hydrogens is 372 g/mol. The Morgan fingerprint density at radius 2 is 2.15 bits per heavy atom. The zero-order valence-electron chi connectivity index (χ0n) is 14.3. The number of carbonyl (C=O) groups is 1. The number of halogens is 1. The summed E-state index contributed by atoms with van der Waals surface area (Å²) in [5.41, 5.74) is 1.52. The monoisotopic (exact) mass is 388 g/mol. The molecule has 1 aliphatic heterocycles. The fourth-order valence-electron chi connectivity index (χ4n) is 2.97. The van der Waals surface area contributed by atoms with E-state index in [2.05, 4.69) is 10.3 Å². The Bertz CT molecular complexity index is 1000. The number of aromatic nitrogens is 1. The number of hydrogen-bond donors (Lipinski definition) is 1. The summed E-state index contributed by atoms with van der Waals surface area (Å²) in [6.45, 7) is 3.94. The van der Waals surface area contributed by atoms with E-state index in [1.807, 2.05) is 44.2 Å². The predicted molar refractivity (Wildman–Crippen MR) is 104 cm³/mol. The molecule has 2 aromatic carbocycles. The van der Waals surface area contributed by atoms with E-state index in [0.717, 1.165) is 22.4 Å². The predicted octanol–water partition coefficient (Wildman–Crippen LogP) is 4.68. The number of benzene rings is 2. The third-order valence-electron chi connectivity index (χ3n) is 4.03. The van der Waals surface area contributed by atoms with Crippen LogP contribution in [0.3, 0.4) is 0 Å². The molecule has 0 radical (unpaired) electrons. The minimum atomic E-state index is -0.282. The van der Waals surface area contributed by atoms with Gasteiger partial charge in [-0.15, -0.1) is 0 Å². The van der Waals surface area contributed by atoms with Crippen LogP contribution in [0.25, 0.3) is 10.2 Å². The van der Waals surface area contributed by atoms with Gasteiger partial charge in [0, 0.05) is 12.0 Å². The molecule has 7 heteroatoms. The molecule has 134 valence electrons. The Hall–Kier alpha value is -2.31. The van der Waals surface area contributed by atoms with Crippen LogP contribution >= 0.6 is 22.9 Å². The second-order valence-corrected chi connectivity index (χ2v) is 8.16. The molecule has 26 heavy (non-hydrogen) atoms. The standard InChI is InChI=1S/C19H17ClN2O3S/c1-19(2)9-11-5-3-7-13(17(11)25-19)24-10-15(23)21-18-22-16-12(20)6-4-8-14(16)26-18/h3-8H,9-10H2,1-2H3,(H,21,22,23). The Kier molecular flexibility index (Phi) is 4.25. The summed E-state index contributed by atoms with van der Waals surface area (Å²) in [6, 6.07) is 11.3. The van der Waals surface area contributed by atoms with Gasteiger partial charge in [0.1, 0.15) is 11.1 Å². The van der Waals surface area contributed by atoms with E-state index in [1.165, 1.54) is 11.3 Å². The highest BCUT2D eigenvalue weighted by atomic mass is 35.5. The minimum Gasteiger partial charge on any atom is -0.483 e. The summed E-state index contributed by atoms with van der Waals surface area (Å²) in [5, 5.41) is 3.82. The molecule has 0 bridgehead atoms. The van der Waals surface area contributed by atoms with Gasteiger partial charge >= 0.3 is 0 Å². The number of hydrogen-bond acceptors (Lipinski definition) is 5. The number of ether oxygens (including phenoxy) is 2. The Morgan fingerprint density at radius 3 is 2.96 bits per heavy atom. The second-order valence-electron chi connectivity index (χ2n) is 6.73. The summed E-state index contributed by atoms with van der Waals surface area (Å²) in [6.07, 6.45) is 0.818. The average Bonchev–Trinajstić information content (AvgIpc) is 3.12. The van der Waals surface area contributed by atoms with Crippen molar-refractivity contribution in [2.24, 2.45) is 0 Å². The molecule has 1 aromatic heterocycles. The quantitative estimate of drug-likeness (QED) is 0.704. The summed E-state index contributed by atoms with van der Waals surface area (Å²) in [5.74, 6) is 1.02. The highest BCUT2D eigenvalue weighted by Gasteiger charge is 2.32. The van der Waals surface area contributed by atoms with E-state index in [9.17, 15) is 4.79 Å². The van der Waals surface area contributed by atoms with Gasteiger partial charge in [0.2, 0.25) is 0 Å². The van der Waals surface area contributed by atoms with Gasteiger partial charge in [-0.2, -0.15) is 0 Å². The zero-order valence-corrected chi connectivity index (χ0v) is 15.9. The molecule has 0 aliphatic carbocycles. The number of rotatable bonds is 4. The smallest absolute Gasteiger partial charge is 0.264 e. The number of carbonyl (C=O) groups excluding carboxylic acids is 1. The first-order chi connectivity index (χ1) is 12.4. The van der Waals surface area contributed by atoms with Crippen molar-refractivity contribution < 1.29 is 14.3 Å². The number of para-hydroxylation sites is 2. The van der Waals surface area contributed by atoms with Crippen LogP contribution in [0.5, 0.6) is 11.5 Å². The van der Waals surface area contributed by atoms with Gasteiger partial charge in [-0.05, 0) is 32.0 Å². The summed E-state index contributed by atoms with van der Waals surface area (Å²) in [7, 11) is 0. The second kappa shape index (κ2) is 6.45. The first-order valence-corrected chi connectivity index (χ1v) is 9.39. The molecule has 0 spiro atoms. The molecule has 0 saturated heterocycles. The fraction of sp³-hybridized carbons (Fsp3) is 0.263. The van der Waals surface area contributed by atoms with Crippen molar-refractivity contribution in [3.8, 4) is 11.5 Å². The van der Waals surface area contributed by atoms with E-state index in [4.69, 9.17) is 21.1 Å². The van der Waals surface area contributed by atoms with Gasteiger partial charge in [-0.3, -0.25) is 10.1 Å². The molecule has 0 saturated carbocycles. The molecule has 1 aliphatic rings. The lowest BCUT2D eigenvalue weighted by Crippen LogP contribution is -2.25. The Labute approximate surface area is 159 Å². The number of thiazole rings is 1. The maximum Gasteiger partial charge on any atom is 0.264 e. The highest BCUT2D eigenvalue weighted by Crippen LogP contribution is 2.41. The first-order valence-electron chi connectivity index (χ1n) is 8.20. The molecule has 5 nitrogen and oxygen atoms in total. The van der Waals surface area contributed by atoms with Gasteiger partial charge < -0.3 is 9.47 Å². The number of anilines is 1. The molecule has 0 fully saturated rings. The molecule has 1 N–H and O–H groups in total. The molecule has 2 heterocycles. The average molecular weight is 389 g/mol. The van der Waals surface area contributed by atoms with E-state index < -0.39 is 0 Å². The number of fused-ring (bicyclic) bond motifs is 2. The van der Waals surface area contributed by atoms with Crippen LogP contribution in [0.2, 0.25) is 5.02 Å². The van der Waals surface area contributed by atoms with Crippen LogP contribution in [0.1, 0.15) is 19.4 Å². The van der Waals surface area contributed by atoms with E-state index in [1.54, 1.807) is 6.07 Å². The molecule has 1 amide bonds. The van der Waals surface area contributed by atoms with Gasteiger partial charge in [0.15, 0.2) is 23.2 Å². The molecular formula is C19H17ClN2O3S. The summed E-state index contributed by atoms with van der Waals surface area (Å²) in [4.78, 5) is 16.6. The lowest BCUT2D eigenvalue weighted by molar-refractivity contribution is -0.118. The third kappa shape index (κ3) is 3.34. The van der Waals surface area contributed by atoms with Gasteiger partial charge in [0.25, 0.3) is 5.91 Å². The van der Waals surface area contributed by atoms with Crippen molar-refractivity contribution in [2.45, 2.75) is 25.9 Å². The number of nitrogens with one attached hydrogen (secondary N) is 1. The fourth-order valence-corrected chi connectivity index (χ4v) is 4.15.